The van der Waals surface area contributed by atoms with Gasteiger partial charge in [0.2, 0.25) is 6.04 Å². The molecule has 0 radical (unpaired) electrons. The van der Waals surface area contributed by atoms with Crippen LogP contribution in [0.15, 0.2) is 70.9 Å². The van der Waals surface area contributed by atoms with Crippen molar-refractivity contribution in [3.05, 3.63) is 60.7 Å². The van der Waals surface area contributed by atoms with Crippen molar-refractivity contribution in [2.24, 2.45) is 10.2 Å². The monoisotopic (exact) mass is 526 g/mol. The molecular weight excluding hydrogens is 496 g/mol. The van der Waals surface area contributed by atoms with Gasteiger partial charge in [-0.25, -0.2) is 9.59 Å². The molecule has 1 unspecified atom stereocenters. The number of para-hydroxylation sites is 3. The van der Waals surface area contributed by atoms with Crippen molar-refractivity contribution in [1.82, 2.24) is 5.32 Å². The molecule has 2 amide bonds. The van der Waals surface area contributed by atoms with E-state index in [2.05, 4.69) is 27.4 Å². The van der Waals surface area contributed by atoms with Crippen LogP contribution in [0.4, 0.5) is 16.2 Å². The lowest BCUT2D eigenvalue weighted by Crippen LogP contribution is -2.31. The summed E-state index contributed by atoms with van der Waals surface area (Å²) in [4.78, 5) is 47.8. The normalized spacial score (nSPS) is 11.2. The average molecular weight is 527 g/mol. The van der Waals surface area contributed by atoms with E-state index >= 15 is 0 Å². The molecule has 38 heavy (non-hydrogen) atoms. The number of methoxy groups -OCH3 is 1. The van der Waals surface area contributed by atoms with Gasteiger partial charge < -0.3 is 29.6 Å². The van der Waals surface area contributed by atoms with Gasteiger partial charge in [-0.1, -0.05) is 30.8 Å². The maximum Gasteiger partial charge on any atom is 0.407 e. The van der Waals surface area contributed by atoms with Crippen LogP contribution in [0.5, 0.6) is 11.5 Å². The van der Waals surface area contributed by atoms with Crippen molar-refractivity contribution in [2.45, 2.75) is 19.9 Å². The zero-order chi connectivity index (χ0) is 27.9. The fourth-order valence-electron chi connectivity index (χ4n) is 2.81. The van der Waals surface area contributed by atoms with E-state index in [-0.39, 0.29) is 37.6 Å². The van der Waals surface area contributed by atoms with Gasteiger partial charge in [0, 0.05) is 5.57 Å². The molecule has 0 aliphatic rings. The minimum Gasteiger partial charge on any atom is -0.495 e. The fourth-order valence-corrected chi connectivity index (χ4v) is 2.81. The highest BCUT2D eigenvalue weighted by molar-refractivity contribution is 6.10. The molecule has 1 atom stereocenters. The number of ether oxygens (including phenoxy) is 4. The summed E-state index contributed by atoms with van der Waals surface area (Å²) in [6, 6.07) is 12.0. The smallest absolute Gasteiger partial charge is 0.407 e. The maximum absolute atomic E-state index is 12.7. The van der Waals surface area contributed by atoms with Crippen molar-refractivity contribution in [3.63, 3.8) is 0 Å². The molecule has 2 aromatic rings. The van der Waals surface area contributed by atoms with Crippen molar-refractivity contribution in [1.29, 1.82) is 0 Å². The first-order chi connectivity index (χ1) is 18.2. The number of benzene rings is 2. The molecule has 0 aliphatic carbocycles. The van der Waals surface area contributed by atoms with Gasteiger partial charge in [0.1, 0.15) is 37.0 Å². The Bertz CT molecular complexity index is 1180. The highest BCUT2D eigenvalue weighted by atomic mass is 16.6. The Hall–Kier alpha value is -4.74. The summed E-state index contributed by atoms with van der Waals surface area (Å²) in [6.07, 6.45) is -0.710. The molecule has 12 nitrogen and oxygen atoms in total. The van der Waals surface area contributed by atoms with Gasteiger partial charge in [0.05, 0.1) is 19.3 Å². The number of carbonyl (C=O) groups is 4. The zero-order valence-corrected chi connectivity index (χ0v) is 21.4. The lowest BCUT2D eigenvalue weighted by molar-refractivity contribution is -0.138. The van der Waals surface area contributed by atoms with Crippen LogP contribution in [-0.4, -0.2) is 63.3 Å². The number of nitrogens with one attached hydrogen (secondary N) is 2. The third kappa shape index (κ3) is 9.72. The SMILES string of the molecule is C=C(C)C(=O)OCCNC(=O)OCCOc1ccccc1N=NC(C(C)=O)C(=O)Nc1ccccc1OC. The predicted molar refractivity (Wildman–Crippen MR) is 138 cm³/mol. The second kappa shape index (κ2) is 15.4. The van der Waals surface area contributed by atoms with E-state index in [0.29, 0.717) is 17.2 Å². The Morgan fingerprint density at radius 1 is 0.921 bits per heavy atom. The van der Waals surface area contributed by atoms with Crippen molar-refractivity contribution in [3.8, 4) is 11.5 Å². The first-order valence-corrected chi connectivity index (χ1v) is 11.5. The Morgan fingerprint density at radius 2 is 1.61 bits per heavy atom. The minimum absolute atomic E-state index is 0.00494. The second-order valence-electron chi connectivity index (χ2n) is 7.71. The molecule has 0 saturated heterocycles. The van der Waals surface area contributed by atoms with E-state index in [1.807, 2.05) is 0 Å². The molecule has 2 aromatic carbocycles. The van der Waals surface area contributed by atoms with Crippen LogP contribution in [0, 0.1) is 0 Å². The standard InChI is InChI=1S/C26H30N4O8/c1-17(2)25(33)37-14-13-27-26(34)38-16-15-36-22-12-8-6-10-20(22)29-30-23(18(3)31)24(32)28-19-9-5-7-11-21(19)35-4/h5-12,23H,1,13-16H2,2-4H3,(H,27,34)(H,28,32). The van der Waals surface area contributed by atoms with Crippen LogP contribution in [-0.2, 0) is 23.9 Å². The Kier molecular flexibility index (Phi) is 11.9. The molecule has 2 N–H and O–H groups in total. The van der Waals surface area contributed by atoms with Crippen molar-refractivity contribution >= 4 is 35.1 Å². The summed E-state index contributed by atoms with van der Waals surface area (Å²) in [7, 11) is 1.46. The topological polar surface area (TPSA) is 154 Å². The number of amides is 2. The minimum atomic E-state index is -1.39. The maximum atomic E-state index is 12.7. The number of esters is 1. The van der Waals surface area contributed by atoms with Crippen molar-refractivity contribution in [2.75, 3.05) is 38.8 Å². The van der Waals surface area contributed by atoms with Gasteiger partial charge in [-0.05, 0) is 38.1 Å². The predicted octanol–water partition coefficient (Wildman–Crippen LogP) is 3.60. The number of Topliss-reactive ketones (excluding diaryl/α,β-unsaturated/α-hetero) is 1. The van der Waals surface area contributed by atoms with E-state index in [1.54, 1.807) is 48.5 Å². The van der Waals surface area contributed by atoms with Gasteiger partial charge in [0.25, 0.3) is 5.91 Å². The molecule has 0 fully saturated rings. The molecule has 2 rings (SSSR count). The Balaban J connectivity index is 1.89. The van der Waals surface area contributed by atoms with Gasteiger partial charge in [-0.2, -0.15) is 10.2 Å². The summed E-state index contributed by atoms with van der Waals surface area (Å²) >= 11 is 0. The molecule has 0 aliphatic heterocycles. The van der Waals surface area contributed by atoms with E-state index in [9.17, 15) is 19.2 Å². The molecular formula is C26H30N4O8. The second-order valence-corrected chi connectivity index (χ2v) is 7.71. The van der Waals surface area contributed by atoms with E-state index in [0.717, 1.165) is 0 Å². The molecule has 12 heteroatoms. The Morgan fingerprint density at radius 3 is 2.29 bits per heavy atom. The summed E-state index contributed by atoms with van der Waals surface area (Å²) in [6.45, 7) is 6.18. The molecule has 202 valence electrons. The quantitative estimate of drug-likeness (QED) is 0.124. The summed E-state index contributed by atoms with van der Waals surface area (Å²) in [5.74, 6) is -0.984. The number of azo groups is 1. The molecule has 0 bridgehead atoms. The Labute approximate surface area is 220 Å². The van der Waals surface area contributed by atoms with Crippen LogP contribution in [0.2, 0.25) is 0 Å². The molecule has 0 saturated carbocycles. The highest BCUT2D eigenvalue weighted by Crippen LogP contribution is 2.28. The van der Waals surface area contributed by atoms with E-state index < -0.39 is 29.8 Å². The summed E-state index contributed by atoms with van der Waals surface area (Å²) < 4.78 is 20.7. The number of ketones is 1. The van der Waals surface area contributed by atoms with Gasteiger partial charge in [-0.15, -0.1) is 0 Å². The highest BCUT2D eigenvalue weighted by Gasteiger charge is 2.24. The lowest BCUT2D eigenvalue weighted by Gasteiger charge is -2.13. The van der Waals surface area contributed by atoms with Crippen molar-refractivity contribution < 1.29 is 38.1 Å². The van der Waals surface area contributed by atoms with Gasteiger partial charge in [-0.3, -0.25) is 9.59 Å². The number of rotatable bonds is 14. The number of hydrogen-bond acceptors (Lipinski definition) is 10. The van der Waals surface area contributed by atoms with Crippen LogP contribution >= 0.6 is 0 Å². The third-order valence-corrected chi connectivity index (χ3v) is 4.67. The van der Waals surface area contributed by atoms with Crippen LogP contribution in [0.3, 0.4) is 0 Å². The van der Waals surface area contributed by atoms with Crippen LogP contribution < -0.4 is 20.1 Å². The fraction of sp³-hybridized carbons (Fsp3) is 0.308. The van der Waals surface area contributed by atoms with Gasteiger partial charge >= 0.3 is 12.1 Å². The molecule has 0 aromatic heterocycles. The number of carbonyl (C=O) groups excluding carboxylic acids is 4. The first kappa shape index (κ1) is 29.5. The number of anilines is 1. The number of nitrogens with zero attached hydrogens (tertiary/aromatic N) is 2. The summed E-state index contributed by atoms with van der Waals surface area (Å²) in [5, 5.41) is 13.0. The van der Waals surface area contributed by atoms with Crippen LogP contribution in [0.25, 0.3) is 0 Å². The molecule has 0 spiro atoms. The third-order valence-electron chi connectivity index (χ3n) is 4.67. The van der Waals surface area contributed by atoms with E-state index in [4.69, 9.17) is 18.9 Å². The summed E-state index contributed by atoms with van der Waals surface area (Å²) in [5.41, 5.74) is 0.923. The molecule has 0 heterocycles. The van der Waals surface area contributed by atoms with Crippen LogP contribution in [0.1, 0.15) is 13.8 Å². The number of alkyl carbamates (subject to hydrolysis) is 1. The largest absolute Gasteiger partial charge is 0.495 e. The first-order valence-electron chi connectivity index (χ1n) is 11.5. The average Bonchev–Trinajstić information content (AvgIpc) is 2.89. The zero-order valence-electron chi connectivity index (χ0n) is 21.4. The lowest BCUT2D eigenvalue weighted by atomic mass is 10.2. The number of hydrogen-bond donors (Lipinski definition) is 2. The van der Waals surface area contributed by atoms with E-state index in [1.165, 1.54) is 21.0 Å². The van der Waals surface area contributed by atoms with Gasteiger partial charge in [0.15, 0.2) is 5.78 Å².